The van der Waals surface area contributed by atoms with E-state index in [9.17, 15) is 0 Å². The highest BCUT2D eigenvalue weighted by molar-refractivity contribution is 5.47. The minimum absolute atomic E-state index is 0.175. The lowest BCUT2D eigenvalue weighted by atomic mass is 9.84. The Hall–Kier alpha value is -1.22. The summed E-state index contributed by atoms with van der Waals surface area (Å²) in [7, 11) is 0. The molecule has 17 heavy (non-hydrogen) atoms. The molecule has 1 aromatic rings. The van der Waals surface area contributed by atoms with E-state index in [-0.39, 0.29) is 5.92 Å². The topological polar surface area (TPSA) is 0 Å². The maximum atomic E-state index is 7.54. The Balaban J connectivity index is 3.20. The van der Waals surface area contributed by atoms with Crippen molar-refractivity contribution >= 4 is 0 Å². The number of hydrogen-bond acceptors (Lipinski definition) is 0. The van der Waals surface area contributed by atoms with Crippen LogP contribution in [0.25, 0.3) is 0 Å². The SMILES string of the molecule is [C]#CC(CCCC)c1c(C)cc(C)c(C)c1C. The summed E-state index contributed by atoms with van der Waals surface area (Å²) in [6.45, 7) is 10.9. The molecule has 1 aromatic carbocycles. The van der Waals surface area contributed by atoms with Crippen LogP contribution in [0.2, 0.25) is 0 Å². The van der Waals surface area contributed by atoms with Gasteiger partial charge >= 0.3 is 0 Å². The first-order chi connectivity index (χ1) is 8.02. The maximum Gasteiger partial charge on any atom is 0.0467 e. The molecule has 0 bridgehead atoms. The zero-order chi connectivity index (χ0) is 13.0. The molecule has 0 aliphatic carbocycles. The van der Waals surface area contributed by atoms with Gasteiger partial charge in [0.25, 0.3) is 0 Å². The van der Waals surface area contributed by atoms with Crippen molar-refractivity contribution in [2.75, 3.05) is 0 Å². The highest BCUT2D eigenvalue weighted by Crippen LogP contribution is 2.31. The van der Waals surface area contributed by atoms with Crippen LogP contribution >= 0.6 is 0 Å². The summed E-state index contributed by atoms with van der Waals surface area (Å²) in [5, 5.41) is 0. The summed E-state index contributed by atoms with van der Waals surface area (Å²) in [6, 6.07) is 2.24. The monoisotopic (exact) mass is 227 g/mol. The smallest absolute Gasteiger partial charge is 0.0467 e. The Kier molecular flexibility index (Phi) is 4.82. The van der Waals surface area contributed by atoms with Crippen LogP contribution < -0.4 is 0 Å². The second kappa shape index (κ2) is 5.92. The predicted molar refractivity (Wildman–Crippen MR) is 74.8 cm³/mol. The molecule has 0 saturated heterocycles. The summed E-state index contributed by atoms with van der Waals surface area (Å²) in [6.07, 6.45) is 10.9. The Morgan fingerprint density at radius 2 is 1.76 bits per heavy atom. The molecule has 0 saturated carbocycles. The third-order valence-corrected chi connectivity index (χ3v) is 3.78. The number of rotatable bonds is 4. The van der Waals surface area contributed by atoms with E-state index in [1.165, 1.54) is 40.7 Å². The van der Waals surface area contributed by atoms with Crippen LogP contribution in [0.5, 0.6) is 0 Å². The summed E-state index contributed by atoms with van der Waals surface area (Å²) in [5.41, 5.74) is 6.71. The quantitative estimate of drug-likeness (QED) is 0.649. The molecule has 0 aliphatic rings. The molecule has 0 heteroatoms. The molecule has 0 aliphatic heterocycles. The Bertz CT molecular complexity index is 432. The largest absolute Gasteiger partial charge is 0.0809 e. The average molecular weight is 227 g/mol. The molecule has 1 atom stereocenters. The van der Waals surface area contributed by atoms with Crippen molar-refractivity contribution in [1.82, 2.24) is 0 Å². The molecule has 0 spiro atoms. The van der Waals surface area contributed by atoms with Gasteiger partial charge < -0.3 is 0 Å². The van der Waals surface area contributed by atoms with Gasteiger partial charge in [-0.3, -0.25) is 0 Å². The third kappa shape index (κ3) is 2.91. The van der Waals surface area contributed by atoms with Crippen LogP contribution in [0.4, 0.5) is 0 Å². The Morgan fingerprint density at radius 3 is 2.29 bits per heavy atom. The summed E-state index contributed by atoms with van der Waals surface area (Å²) in [5.74, 6) is 2.91. The summed E-state index contributed by atoms with van der Waals surface area (Å²) >= 11 is 0. The lowest BCUT2D eigenvalue weighted by Gasteiger charge is -2.20. The molecule has 1 rings (SSSR count). The van der Waals surface area contributed by atoms with E-state index in [1.807, 2.05) is 0 Å². The molecule has 91 valence electrons. The van der Waals surface area contributed by atoms with Crippen molar-refractivity contribution in [3.05, 3.63) is 40.3 Å². The Labute approximate surface area is 106 Å². The first-order valence-electron chi connectivity index (χ1n) is 6.52. The van der Waals surface area contributed by atoms with Crippen molar-refractivity contribution in [3.63, 3.8) is 0 Å². The minimum atomic E-state index is 0.175. The van der Waals surface area contributed by atoms with Gasteiger partial charge in [-0.05, 0) is 68.4 Å². The Morgan fingerprint density at radius 1 is 1.12 bits per heavy atom. The fraction of sp³-hybridized carbons (Fsp3) is 0.529. The number of hydrogen-bond donors (Lipinski definition) is 0. The van der Waals surface area contributed by atoms with Crippen LogP contribution in [-0.2, 0) is 0 Å². The van der Waals surface area contributed by atoms with E-state index >= 15 is 0 Å². The molecule has 0 amide bonds. The maximum absolute atomic E-state index is 7.54. The van der Waals surface area contributed by atoms with Crippen molar-refractivity contribution in [3.8, 4) is 5.92 Å². The summed E-state index contributed by atoms with van der Waals surface area (Å²) in [4.78, 5) is 0. The van der Waals surface area contributed by atoms with Crippen molar-refractivity contribution in [2.24, 2.45) is 0 Å². The fourth-order valence-corrected chi connectivity index (χ4v) is 2.54. The fourth-order valence-electron chi connectivity index (χ4n) is 2.54. The van der Waals surface area contributed by atoms with Gasteiger partial charge in [-0.25, -0.2) is 0 Å². The highest BCUT2D eigenvalue weighted by Gasteiger charge is 2.16. The van der Waals surface area contributed by atoms with Gasteiger partial charge in [-0.2, -0.15) is 0 Å². The molecule has 0 nitrogen and oxygen atoms in total. The number of aryl methyl sites for hydroxylation is 2. The highest BCUT2D eigenvalue weighted by atomic mass is 14.2. The lowest BCUT2D eigenvalue weighted by molar-refractivity contribution is 0.670. The van der Waals surface area contributed by atoms with Crippen LogP contribution in [0.3, 0.4) is 0 Å². The normalized spacial score (nSPS) is 12.2. The first kappa shape index (κ1) is 13.8. The first-order valence-corrected chi connectivity index (χ1v) is 6.52. The van der Waals surface area contributed by atoms with Crippen LogP contribution in [-0.4, -0.2) is 0 Å². The van der Waals surface area contributed by atoms with E-state index < -0.39 is 0 Å². The van der Waals surface area contributed by atoms with Gasteiger partial charge in [0.15, 0.2) is 0 Å². The van der Waals surface area contributed by atoms with E-state index in [1.54, 1.807) is 0 Å². The van der Waals surface area contributed by atoms with Crippen molar-refractivity contribution in [1.29, 1.82) is 0 Å². The van der Waals surface area contributed by atoms with Crippen molar-refractivity contribution < 1.29 is 0 Å². The molecule has 1 unspecified atom stereocenters. The lowest BCUT2D eigenvalue weighted by Crippen LogP contribution is -2.04. The van der Waals surface area contributed by atoms with E-state index in [2.05, 4.69) is 46.6 Å². The van der Waals surface area contributed by atoms with E-state index in [0.717, 1.165) is 6.42 Å². The standard InChI is InChI=1S/C17H23/c1-7-9-10-16(8-2)17-13(4)11-12(3)14(5)15(17)6/h11,16H,7,9-10H2,1,3-6H3. The van der Waals surface area contributed by atoms with Gasteiger partial charge in [0.05, 0.1) is 0 Å². The van der Waals surface area contributed by atoms with Gasteiger partial charge in [0.1, 0.15) is 0 Å². The summed E-state index contributed by atoms with van der Waals surface area (Å²) < 4.78 is 0. The zero-order valence-corrected chi connectivity index (χ0v) is 11.8. The van der Waals surface area contributed by atoms with Crippen molar-refractivity contribution in [2.45, 2.75) is 59.8 Å². The predicted octanol–water partition coefficient (Wildman–Crippen LogP) is 4.78. The molecule has 1 radical (unpaired) electrons. The molecule has 0 heterocycles. The number of benzene rings is 1. The van der Waals surface area contributed by atoms with Gasteiger partial charge in [0, 0.05) is 5.92 Å². The van der Waals surface area contributed by atoms with E-state index in [0.29, 0.717) is 0 Å². The van der Waals surface area contributed by atoms with Gasteiger partial charge in [-0.1, -0.05) is 31.8 Å². The molecule has 0 N–H and O–H groups in total. The zero-order valence-electron chi connectivity index (χ0n) is 11.8. The van der Waals surface area contributed by atoms with Crippen LogP contribution in [0.15, 0.2) is 6.07 Å². The van der Waals surface area contributed by atoms with Gasteiger partial charge in [0.2, 0.25) is 0 Å². The molecule has 0 fully saturated rings. The van der Waals surface area contributed by atoms with E-state index in [4.69, 9.17) is 6.42 Å². The molecule has 0 aromatic heterocycles. The van der Waals surface area contributed by atoms with Gasteiger partial charge in [-0.15, -0.1) is 0 Å². The second-order valence-corrected chi connectivity index (χ2v) is 5.01. The van der Waals surface area contributed by atoms with Crippen LogP contribution in [0, 0.1) is 40.0 Å². The minimum Gasteiger partial charge on any atom is -0.0809 e. The average Bonchev–Trinajstić information content (AvgIpc) is 2.30. The molecular formula is C17H23. The second-order valence-electron chi connectivity index (χ2n) is 5.01. The van der Waals surface area contributed by atoms with Crippen LogP contribution in [0.1, 0.15) is 59.9 Å². The molecular weight excluding hydrogens is 204 g/mol. The third-order valence-electron chi connectivity index (χ3n) is 3.78. The number of unbranched alkanes of at least 4 members (excludes halogenated alkanes) is 1.